The van der Waals surface area contributed by atoms with Gasteiger partial charge in [-0.2, -0.15) is 0 Å². The summed E-state index contributed by atoms with van der Waals surface area (Å²) in [6.07, 6.45) is 2.93. The highest BCUT2D eigenvalue weighted by molar-refractivity contribution is 6.31. The van der Waals surface area contributed by atoms with Crippen molar-refractivity contribution in [3.8, 4) is 0 Å². The van der Waals surface area contributed by atoms with Gasteiger partial charge in [-0.15, -0.1) is 0 Å². The van der Waals surface area contributed by atoms with E-state index < -0.39 is 5.91 Å². The van der Waals surface area contributed by atoms with Crippen molar-refractivity contribution in [1.29, 1.82) is 0 Å². The van der Waals surface area contributed by atoms with Gasteiger partial charge in [-0.05, 0) is 44.0 Å². The Kier molecular flexibility index (Phi) is 9.64. The Hall–Kier alpha value is -3.44. The van der Waals surface area contributed by atoms with E-state index in [1.165, 1.54) is 0 Å². The van der Waals surface area contributed by atoms with Crippen molar-refractivity contribution in [2.45, 2.75) is 25.7 Å². The molecule has 0 aliphatic carbocycles. The Morgan fingerprint density at radius 3 is 2.50 bits per heavy atom. The van der Waals surface area contributed by atoms with Crippen LogP contribution in [0.2, 0.25) is 5.15 Å². The summed E-state index contributed by atoms with van der Waals surface area (Å²) in [6, 6.07) is 7.73. The second kappa shape index (κ2) is 12.4. The van der Waals surface area contributed by atoms with Crippen molar-refractivity contribution in [2.75, 3.05) is 36.9 Å². The van der Waals surface area contributed by atoms with Crippen molar-refractivity contribution in [1.82, 2.24) is 20.6 Å². The van der Waals surface area contributed by atoms with E-state index >= 15 is 0 Å². The number of carbonyl (C=O) groups is 2. The summed E-state index contributed by atoms with van der Waals surface area (Å²) in [7, 11) is 1.81. The number of nitrogens with zero attached hydrogens (tertiary/aromatic N) is 3. The van der Waals surface area contributed by atoms with Crippen LogP contribution in [0.3, 0.4) is 0 Å². The van der Waals surface area contributed by atoms with Gasteiger partial charge in [0.25, 0.3) is 5.91 Å². The maximum absolute atomic E-state index is 12.2. The number of unbranched alkanes of at least 4 members (excludes halogenated alkanes) is 1. The van der Waals surface area contributed by atoms with Gasteiger partial charge in [0.2, 0.25) is 5.91 Å². The number of rotatable bonds is 10. The van der Waals surface area contributed by atoms with E-state index in [4.69, 9.17) is 28.8 Å². The fourth-order valence-electron chi connectivity index (χ4n) is 2.68. The molecular weight excluding hydrogens is 434 g/mol. The maximum Gasteiger partial charge on any atom is 0.280 e. The monoisotopic (exact) mass is 461 g/mol. The number of aliphatic imine (C=N–C) groups is 1. The van der Waals surface area contributed by atoms with E-state index in [0.29, 0.717) is 19.5 Å². The molecule has 0 unspecified atom stereocenters. The van der Waals surface area contributed by atoms with E-state index in [0.717, 1.165) is 30.5 Å². The number of anilines is 3. The molecule has 2 rings (SSSR count). The molecule has 12 heteroatoms. The summed E-state index contributed by atoms with van der Waals surface area (Å²) in [4.78, 5) is 35.6. The number of benzene rings is 1. The second-order valence-electron chi connectivity index (χ2n) is 6.91. The number of hydrogen-bond acceptors (Lipinski definition) is 8. The molecule has 1 aromatic carbocycles. The van der Waals surface area contributed by atoms with E-state index in [2.05, 4.69) is 30.9 Å². The molecular formula is C20H28ClN9O2. The van der Waals surface area contributed by atoms with Crippen molar-refractivity contribution in [3.63, 3.8) is 0 Å². The van der Waals surface area contributed by atoms with E-state index in [9.17, 15) is 9.59 Å². The zero-order valence-corrected chi connectivity index (χ0v) is 18.6. The molecule has 0 fully saturated rings. The first-order chi connectivity index (χ1) is 15.3. The van der Waals surface area contributed by atoms with Crippen LogP contribution in [0, 0.1) is 0 Å². The minimum absolute atomic E-state index is 0.0242. The molecule has 0 saturated heterocycles. The van der Waals surface area contributed by atoms with Crippen LogP contribution in [0.15, 0.2) is 29.3 Å². The summed E-state index contributed by atoms with van der Waals surface area (Å²) in [5.74, 6) is -0.963. The molecule has 0 radical (unpaired) electrons. The van der Waals surface area contributed by atoms with Gasteiger partial charge in [0.05, 0.1) is 0 Å². The third kappa shape index (κ3) is 8.00. The molecule has 0 bridgehead atoms. The number of amides is 2. The molecule has 0 atom stereocenters. The molecule has 2 aromatic rings. The fourth-order valence-corrected chi connectivity index (χ4v) is 2.81. The van der Waals surface area contributed by atoms with Crippen molar-refractivity contribution in [3.05, 3.63) is 40.7 Å². The number of guanidine groups is 1. The summed E-state index contributed by atoms with van der Waals surface area (Å²) >= 11 is 5.77. The quantitative estimate of drug-likeness (QED) is 0.171. The van der Waals surface area contributed by atoms with Crippen molar-refractivity contribution >= 4 is 46.7 Å². The fraction of sp³-hybridized carbons (Fsp3) is 0.350. The Bertz CT molecular complexity index is 964. The number of aromatic nitrogens is 2. The lowest BCUT2D eigenvalue weighted by Gasteiger charge is -2.07. The Morgan fingerprint density at radius 2 is 1.81 bits per heavy atom. The van der Waals surface area contributed by atoms with E-state index in [-0.39, 0.29) is 34.3 Å². The lowest BCUT2D eigenvalue weighted by molar-refractivity contribution is -0.116. The van der Waals surface area contributed by atoms with Gasteiger partial charge in [-0.1, -0.05) is 23.7 Å². The molecule has 32 heavy (non-hydrogen) atoms. The summed E-state index contributed by atoms with van der Waals surface area (Å²) in [5.41, 5.74) is 18.6. The molecule has 0 aliphatic heterocycles. The number of carbonyl (C=O) groups excluding carboxylic acids is 2. The second-order valence-corrected chi connectivity index (χ2v) is 7.27. The summed E-state index contributed by atoms with van der Waals surface area (Å²) < 4.78 is 0. The highest BCUT2D eigenvalue weighted by Crippen LogP contribution is 2.17. The first-order valence-corrected chi connectivity index (χ1v) is 10.4. The first-order valence-electron chi connectivity index (χ1n) is 10.0. The van der Waals surface area contributed by atoms with Crippen LogP contribution in [0.4, 0.5) is 17.3 Å². The SMILES string of the molecule is CNCCC(=O)Nc1ccc(CCCCN=C(N)NC(=O)c2nc(Cl)c(N)nc2N)cc1. The smallest absolute Gasteiger partial charge is 0.280 e. The highest BCUT2D eigenvalue weighted by Gasteiger charge is 2.16. The van der Waals surface area contributed by atoms with Crippen LogP contribution < -0.4 is 33.2 Å². The molecule has 0 spiro atoms. The molecule has 1 aromatic heterocycles. The van der Waals surface area contributed by atoms with E-state index in [1.54, 1.807) is 7.05 Å². The minimum Gasteiger partial charge on any atom is -0.382 e. The molecule has 1 heterocycles. The molecule has 172 valence electrons. The van der Waals surface area contributed by atoms with Gasteiger partial charge >= 0.3 is 0 Å². The van der Waals surface area contributed by atoms with Gasteiger partial charge in [-0.25, -0.2) is 9.97 Å². The standard InChI is InChI=1S/C20H28ClN9O2/c1-25-11-9-14(31)27-13-7-5-12(6-8-13)4-2-3-10-26-20(24)30-19(32)15-17(22)29-18(23)16(21)28-15/h5-8,25H,2-4,9-11H2,1H3,(H,27,31)(H4,22,23,29)(H3,24,26,30,32). The van der Waals surface area contributed by atoms with Gasteiger partial charge in [0.15, 0.2) is 28.4 Å². The zero-order valence-electron chi connectivity index (χ0n) is 17.8. The van der Waals surface area contributed by atoms with Crippen LogP contribution >= 0.6 is 11.6 Å². The predicted molar refractivity (Wildman–Crippen MR) is 126 cm³/mol. The Morgan fingerprint density at radius 1 is 1.09 bits per heavy atom. The normalized spacial score (nSPS) is 11.2. The largest absolute Gasteiger partial charge is 0.382 e. The van der Waals surface area contributed by atoms with Crippen LogP contribution in [0.1, 0.15) is 35.3 Å². The number of hydrogen-bond donors (Lipinski definition) is 6. The third-order valence-electron chi connectivity index (χ3n) is 4.36. The van der Waals surface area contributed by atoms with Gasteiger partial charge in [0.1, 0.15) is 0 Å². The summed E-state index contributed by atoms with van der Waals surface area (Å²) in [6.45, 7) is 1.08. The van der Waals surface area contributed by atoms with E-state index in [1.807, 2.05) is 24.3 Å². The van der Waals surface area contributed by atoms with Gasteiger partial charge in [-0.3, -0.25) is 19.9 Å². The first kappa shape index (κ1) is 24.8. The average molecular weight is 462 g/mol. The zero-order chi connectivity index (χ0) is 23.5. The molecule has 0 saturated carbocycles. The number of nitrogen functional groups attached to an aromatic ring is 2. The van der Waals surface area contributed by atoms with Crippen molar-refractivity contribution in [2.24, 2.45) is 10.7 Å². The van der Waals surface area contributed by atoms with Gasteiger partial charge < -0.3 is 27.8 Å². The Balaban J connectivity index is 1.73. The highest BCUT2D eigenvalue weighted by atomic mass is 35.5. The van der Waals surface area contributed by atoms with Gasteiger partial charge in [0, 0.05) is 25.2 Å². The number of aryl methyl sites for hydroxylation is 1. The van der Waals surface area contributed by atoms with Crippen LogP contribution in [0.5, 0.6) is 0 Å². The molecule has 9 N–H and O–H groups in total. The van der Waals surface area contributed by atoms with Crippen LogP contribution in [-0.2, 0) is 11.2 Å². The number of halogens is 1. The minimum atomic E-state index is -0.670. The lowest BCUT2D eigenvalue weighted by Crippen LogP contribution is -2.38. The Labute approximate surface area is 191 Å². The lowest BCUT2D eigenvalue weighted by atomic mass is 10.1. The molecule has 2 amide bonds. The van der Waals surface area contributed by atoms with Crippen molar-refractivity contribution < 1.29 is 9.59 Å². The maximum atomic E-state index is 12.2. The summed E-state index contributed by atoms with van der Waals surface area (Å²) in [5, 5.41) is 8.07. The number of nitrogens with two attached hydrogens (primary N) is 3. The third-order valence-corrected chi connectivity index (χ3v) is 4.64. The average Bonchev–Trinajstić information content (AvgIpc) is 2.75. The predicted octanol–water partition coefficient (Wildman–Crippen LogP) is 0.910. The molecule has 11 nitrogen and oxygen atoms in total. The van der Waals surface area contributed by atoms with Crippen LogP contribution in [0.25, 0.3) is 0 Å². The molecule has 0 aliphatic rings. The number of nitrogens with one attached hydrogen (secondary N) is 3. The topological polar surface area (TPSA) is 186 Å². The van der Waals surface area contributed by atoms with Crippen LogP contribution in [-0.4, -0.2) is 47.9 Å².